The number of hydrogen-bond donors (Lipinski definition) is 0. The van der Waals surface area contributed by atoms with Crippen LogP contribution in [-0.2, 0) is 64.2 Å². The van der Waals surface area contributed by atoms with Gasteiger partial charge in [0.05, 0.1) is 0 Å². The normalized spacial score (nSPS) is 12.2. The van der Waals surface area contributed by atoms with E-state index in [4.69, 9.17) is 0 Å². The summed E-state index contributed by atoms with van der Waals surface area (Å²) < 4.78 is 271. The van der Waals surface area contributed by atoms with Gasteiger partial charge in [0.15, 0.2) is 0 Å². The molecule has 0 unspecified atom stereocenters. The van der Waals surface area contributed by atoms with Gasteiger partial charge in [0, 0.05) is 0 Å². The Balaban J connectivity index is -0.000000192. The van der Waals surface area contributed by atoms with Crippen molar-refractivity contribution in [3.63, 3.8) is 0 Å². The van der Waals surface area contributed by atoms with Crippen LogP contribution in [0, 0.1) is 25.7 Å². The maximum absolute atomic E-state index is 11.3. The fourth-order valence-corrected chi connectivity index (χ4v) is 1.13. The van der Waals surface area contributed by atoms with E-state index >= 15 is 0 Å². The van der Waals surface area contributed by atoms with E-state index in [1.807, 2.05) is 0 Å². The van der Waals surface area contributed by atoms with Crippen LogP contribution in [0.3, 0.4) is 0 Å². The number of ketones is 8. The maximum Gasteiger partial charge on any atom is 4.00 e. The van der Waals surface area contributed by atoms with Crippen LogP contribution in [0.1, 0.15) is 0 Å². The van der Waals surface area contributed by atoms with Crippen LogP contribution in [0.5, 0.6) is 0 Å². The minimum absolute atomic E-state index is 0. The number of rotatable bonds is 8. The summed E-state index contributed by atoms with van der Waals surface area (Å²) in [6.45, 7) is 0. The Labute approximate surface area is 291 Å². The van der Waals surface area contributed by atoms with Gasteiger partial charge in [-0.1, -0.05) is 0 Å². The van der Waals surface area contributed by atoms with Gasteiger partial charge in [0.1, 0.15) is 46.3 Å². The SMILES string of the molecule is O=C([CH-]C(=O)C(F)(F)F)C(F)(F)F.O=C([CH-]C(=O)C(F)(F)F)C(F)(F)F.O=C([CH-]C(=O)C(F)(F)F)C(F)(F)F.O=C([CH-]C(=O)C(F)(F)F)C(F)(F)F.[Hf+4]. The van der Waals surface area contributed by atoms with Gasteiger partial charge < -0.3 is 38.4 Å². The zero-order valence-corrected chi connectivity index (χ0v) is 26.7. The molecule has 304 valence electrons. The first-order chi connectivity index (χ1) is 22.2. The average Bonchev–Trinajstić information content (AvgIpc) is 2.85. The molecule has 0 rings (SSSR count). The number of carbonyl (C=O) groups is 8. The molecule has 0 aromatic carbocycles. The fraction of sp³-hybridized carbons (Fsp3) is 0.400. The van der Waals surface area contributed by atoms with E-state index in [0.717, 1.165) is 0 Å². The minimum Gasteiger partial charge on any atom is -0.324 e. The van der Waals surface area contributed by atoms with Gasteiger partial charge in [0.25, 0.3) is 0 Å². The second-order valence-electron chi connectivity index (χ2n) is 7.47. The second kappa shape index (κ2) is 20.5. The van der Waals surface area contributed by atoms with Gasteiger partial charge in [-0.25, -0.2) is 25.7 Å². The summed E-state index contributed by atoms with van der Waals surface area (Å²) in [4.78, 5) is 78.6. The molecule has 0 amide bonds. The summed E-state index contributed by atoms with van der Waals surface area (Å²) in [6.07, 6.45) is -47.8. The number of Topliss-reactive ketones (excluding diaryl/α,β-unsaturated/α-hetero) is 8. The summed E-state index contributed by atoms with van der Waals surface area (Å²) in [5.74, 6) is -22.6. The average molecular weight is 1010 g/mol. The molecule has 0 heterocycles. The molecule has 0 spiro atoms. The van der Waals surface area contributed by atoms with Gasteiger partial charge >= 0.3 is 75.3 Å². The number of alkyl halides is 24. The van der Waals surface area contributed by atoms with Crippen molar-refractivity contribution >= 4 is 46.3 Å². The van der Waals surface area contributed by atoms with Crippen molar-refractivity contribution in [1.82, 2.24) is 0 Å². The first kappa shape index (κ1) is 58.3. The summed E-state index contributed by atoms with van der Waals surface area (Å²) in [5, 5.41) is 0. The number of carbonyl (C=O) groups excluding carboxylic acids is 8. The first-order valence-electron chi connectivity index (χ1n) is 10.5. The molecule has 0 fully saturated rings. The third-order valence-electron chi connectivity index (χ3n) is 3.28. The smallest absolute Gasteiger partial charge is 0.324 e. The van der Waals surface area contributed by atoms with Crippen LogP contribution in [-0.4, -0.2) is 95.7 Å². The molecule has 0 saturated heterocycles. The molecule has 0 bridgehead atoms. The summed E-state index contributed by atoms with van der Waals surface area (Å²) in [6, 6.07) is 0. The molecule has 0 aliphatic carbocycles. The van der Waals surface area contributed by atoms with Crippen molar-refractivity contribution in [3.8, 4) is 0 Å². The van der Waals surface area contributed by atoms with Crippen molar-refractivity contribution < 1.29 is 170 Å². The summed E-state index contributed by atoms with van der Waals surface area (Å²) in [5.41, 5.74) is 0. The van der Waals surface area contributed by atoms with Gasteiger partial charge in [-0.2, -0.15) is 105 Å². The quantitative estimate of drug-likeness (QED) is 0.129. The van der Waals surface area contributed by atoms with Crippen LogP contribution in [0.25, 0.3) is 0 Å². The molecule has 0 radical (unpaired) electrons. The summed E-state index contributed by atoms with van der Waals surface area (Å²) >= 11 is 0. The molecule has 0 aliphatic heterocycles. The van der Waals surface area contributed by atoms with E-state index in [1.54, 1.807) is 0 Å². The Hall–Kier alpha value is -3.97. The van der Waals surface area contributed by atoms with Crippen LogP contribution < -0.4 is 0 Å². The Morgan fingerprint density at radius 2 is 0.264 bits per heavy atom. The molecule has 33 heteroatoms. The summed E-state index contributed by atoms with van der Waals surface area (Å²) in [7, 11) is 0. The molecule has 0 aromatic heterocycles. The molecule has 0 aromatic rings. The predicted molar refractivity (Wildman–Crippen MR) is 106 cm³/mol. The molecule has 53 heavy (non-hydrogen) atoms. The molecule has 0 atom stereocenters. The molecule has 0 saturated carbocycles. The van der Waals surface area contributed by atoms with E-state index in [0.29, 0.717) is 0 Å². The minimum atomic E-state index is -5.46. The van der Waals surface area contributed by atoms with Crippen LogP contribution in [0.4, 0.5) is 105 Å². The second-order valence-corrected chi connectivity index (χ2v) is 7.47. The molecule has 0 N–H and O–H groups in total. The zero-order chi connectivity index (χ0) is 43.4. The van der Waals surface area contributed by atoms with E-state index in [1.165, 1.54) is 0 Å². The van der Waals surface area contributed by atoms with Gasteiger partial charge in [0.2, 0.25) is 0 Å². The van der Waals surface area contributed by atoms with Gasteiger partial charge in [-0.15, -0.1) is 0 Å². The number of hydrogen-bond acceptors (Lipinski definition) is 8. The monoisotopic (exact) mass is 1010 g/mol. The van der Waals surface area contributed by atoms with Crippen LogP contribution in [0.15, 0.2) is 0 Å². The standard InChI is InChI=1S/4C5HF6O2.Hf/c4*6-4(7,8)2(12)1-3(13)5(9,10)11;/h4*1H;/q4*-1;+4. The Kier molecular flexibility index (Phi) is 22.5. The van der Waals surface area contributed by atoms with Crippen molar-refractivity contribution in [3.05, 3.63) is 25.7 Å². The van der Waals surface area contributed by atoms with Crippen molar-refractivity contribution in [2.75, 3.05) is 0 Å². The van der Waals surface area contributed by atoms with Crippen LogP contribution in [0.2, 0.25) is 0 Å². The fourth-order valence-electron chi connectivity index (χ4n) is 1.13. The largest absolute Gasteiger partial charge is 4.00 e. The van der Waals surface area contributed by atoms with Crippen molar-refractivity contribution in [2.24, 2.45) is 0 Å². The predicted octanol–water partition coefficient (Wildman–Crippen LogP) is 5.81. The molecule has 8 nitrogen and oxygen atoms in total. The third kappa shape index (κ3) is 28.2. The van der Waals surface area contributed by atoms with Gasteiger partial charge in [-0.3, -0.25) is 0 Å². The van der Waals surface area contributed by atoms with Crippen LogP contribution >= 0.6 is 0 Å². The third-order valence-corrected chi connectivity index (χ3v) is 3.28. The van der Waals surface area contributed by atoms with E-state index in [9.17, 15) is 144 Å². The van der Waals surface area contributed by atoms with Crippen molar-refractivity contribution in [1.29, 1.82) is 0 Å². The van der Waals surface area contributed by atoms with E-state index in [2.05, 4.69) is 0 Å². The number of halogens is 24. The molecule has 0 aliphatic rings. The van der Waals surface area contributed by atoms with E-state index in [-0.39, 0.29) is 25.8 Å². The zero-order valence-electron chi connectivity index (χ0n) is 23.1. The maximum atomic E-state index is 11.3. The molecular weight excluding hydrogens is 1000 g/mol. The Morgan fingerprint density at radius 1 is 0.208 bits per heavy atom. The van der Waals surface area contributed by atoms with E-state index < -0.39 is 121 Å². The first-order valence-corrected chi connectivity index (χ1v) is 10.5. The van der Waals surface area contributed by atoms with Crippen molar-refractivity contribution in [2.45, 2.75) is 49.4 Å². The topological polar surface area (TPSA) is 137 Å². The van der Waals surface area contributed by atoms with Gasteiger partial charge in [-0.05, 0) is 0 Å². The molecular formula is C20H4F24HfO8. The Bertz CT molecular complexity index is 1010. The Morgan fingerprint density at radius 3 is 0.302 bits per heavy atom.